The zero-order chi connectivity index (χ0) is 14.1. The number of halogens is 1. The monoisotopic (exact) mass is 336 g/mol. The van der Waals surface area contributed by atoms with Crippen LogP contribution in [0.15, 0.2) is 22.7 Å². The first-order valence-electron chi connectivity index (χ1n) is 7.55. The van der Waals surface area contributed by atoms with E-state index < -0.39 is 0 Å². The molecule has 1 aliphatic heterocycles. The molecule has 1 heterocycles. The van der Waals surface area contributed by atoms with Crippen molar-refractivity contribution < 1.29 is 4.79 Å². The first kappa shape index (κ1) is 13.9. The van der Waals surface area contributed by atoms with Gasteiger partial charge in [-0.1, -0.05) is 41.6 Å². The highest BCUT2D eigenvalue weighted by Gasteiger charge is 2.34. The van der Waals surface area contributed by atoms with Gasteiger partial charge in [-0.15, -0.1) is 0 Å². The standard InChI is InChI=1S/C16H21BrN2O/c1-11-16(20)18-14-9-8-12(17)10-15(14)19(11)13-6-4-2-3-5-7-13/h8-11,13H,2-7H2,1H3,(H,18,20)/t11-/m1/s1. The van der Waals surface area contributed by atoms with Crippen LogP contribution in [0, 0.1) is 0 Å². The van der Waals surface area contributed by atoms with Crippen LogP contribution in [0.2, 0.25) is 0 Å². The van der Waals surface area contributed by atoms with E-state index in [1.807, 2.05) is 19.1 Å². The summed E-state index contributed by atoms with van der Waals surface area (Å²) in [7, 11) is 0. The van der Waals surface area contributed by atoms with E-state index in [-0.39, 0.29) is 11.9 Å². The van der Waals surface area contributed by atoms with Gasteiger partial charge in [-0.25, -0.2) is 0 Å². The molecule has 1 aromatic rings. The summed E-state index contributed by atoms with van der Waals surface area (Å²) in [6.07, 6.45) is 7.61. The topological polar surface area (TPSA) is 32.3 Å². The number of benzene rings is 1. The number of carbonyl (C=O) groups excluding carboxylic acids is 1. The molecule has 1 saturated carbocycles. The highest BCUT2D eigenvalue weighted by molar-refractivity contribution is 9.10. The quantitative estimate of drug-likeness (QED) is 0.774. The minimum atomic E-state index is -0.0834. The van der Waals surface area contributed by atoms with E-state index in [4.69, 9.17) is 0 Å². The molecule has 1 fully saturated rings. The normalized spacial score (nSPS) is 24.0. The van der Waals surface area contributed by atoms with Crippen LogP contribution in [-0.4, -0.2) is 18.0 Å². The second-order valence-corrected chi connectivity index (χ2v) is 6.80. The summed E-state index contributed by atoms with van der Waals surface area (Å²) in [5.41, 5.74) is 2.11. The molecule has 4 heteroatoms. The van der Waals surface area contributed by atoms with Crippen LogP contribution < -0.4 is 10.2 Å². The number of nitrogens with zero attached hydrogens (tertiary/aromatic N) is 1. The van der Waals surface area contributed by atoms with Gasteiger partial charge in [0.2, 0.25) is 5.91 Å². The van der Waals surface area contributed by atoms with Gasteiger partial charge in [0.1, 0.15) is 6.04 Å². The molecule has 0 unspecified atom stereocenters. The lowest BCUT2D eigenvalue weighted by Crippen LogP contribution is -2.51. The summed E-state index contributed by atoms with van der Waals surface area (Å²) in [6, 6.07) is 6.52. The zero-order valence-electron chi connectivity index (χ0n) is 11.9. The van der Waals surface area contributed by atoms with E-state index in [9.17, 15) is 4.79 Å². The van der Waals surface area contributed by atoms with Crippen LogP contribution in [0.4, 0.5) is 11.4 Å². The molecule has 0 bridgehead atoms. The summed E-state index contributed by atoms with van der Waals surface area (Å²) < 4.78 is 1.07. The average Bonchev–Trinajstić information content (AvgIpc) is 2.70. The molecule has 20 heavy (non-hydrogen) atoms. The predicted molar refractivity (Wildman–Crippen MR) is 86.2 cm³/mol. The first-order valence-corrected chi connectivity index (χ1v) is 8.35. The van der Waals surface area contributed by atoms with Gasteiger partial charge in [-0.05, 0) is 38.0 Å². The fourth-order valence-corrected chi connectivity index (χ4v) is 3.79. The summed E-state index contributed by atoms with van der Waals surface area (Å²) >= 11 is 3.55. The second kappa shape index (κ2) is 5.76. The molecule has 3 nitrogen and oxygen atoms in total. The van der Waals surface area contributed by atoms with Crippen molar-refractivity contribution in [2.45, 2.75) is 57.5 Å². The van der Waals surface area contributed by atoms with Crippen molar-refractivity contribution >= 4 is 33.2 Å². The minimum absolute atomic E-state index is 0.0834. The lowest BCUT2D eigenvalue weighted by molar-refractivity contribution is -0.117. The van der Waals surface area contributed by atoms with E-state index in [1.54, 1.807) is 0 Å². The summed E-state index contributed by atoms with van der Waals surface area (Å²) in [5, 5.41) is 3.02. The Hall–Kier alpha value is -1.03. The third kappa shape index (κ3) is 2.58. The van der Waals surface area contributed by atoms with Gasteiger partial charge in [0.15, 0.2) is 0 Å². The Balaban J connectivity index is 1.99. The Bertz CT molecular complexity index is 509. The van der Waals surface area contributed by atoms with Crippen LogP contribution in [0.5, 0.6) is 0 Å². The number of amides is 1. The number of rotatable bonds is 1. The van der Waals surface area contributed by atoms with E-state index in [0.717, 1.165) is 10.2 Å². The summed E-state index contributed by atoms with van der Waals surface area (Å²) in [6.45, 7) is 2.02. The third-order valence-electron chi connectivity index (χ3n) is 4.51. The molecule has 1 N–H and O–H groups in total. The fraction of sp³-hybridized carbons (Fsp3) is 0.562. The molecular formula is C16H21BrN2O. The van der Waals surface area contributed by atoms with Crippen LogP contribution in [-0.2, 0) is 4.79 Å². The lowest BCUT2D eigenvalue weighted by atomic mass is 10.0. The van der Waals surface area contributed by atoms with Crippen molar-refractivity contribution in [3.63, 3.8) is 0 Å². The summed E-state index contributed by atoms with van der Waals surface area (Å²) in [4.78, 5) is 14.6. The maximum atomic E-state index is 12.2. The van der Waals surface area contributed by atoms with Crippen LogP contribution in [0.3, 0.4) is 0 Å². The minimum Gasteiger partial charge on any atom is -0.355 e. The molecule has 1 atom stereocenters. The molecule has 1 amide bonds. The Morgan fingerprint density at radius 2 is 1.90 bits per heavy atom. The van der Waals surface area contributed by atoms with E-state index >= 15 is 0 Å². The van der Waals surface area contributed by atoms with E-state index in [2.05, 4.69) is 32.2 Å². The smallest absolute Gasteiger partial charge is 0.246 e. The highest BCUT2D eigenvalue weighted by atomic mass is 79.9. The van der Waals surface area contributed by atoms with E-state index in [0.29, 0.717) is 6.04 Å². The molecule has 1 aromatic carbocycles. The molecule has 3 rings (SSSR count). The molecule has 0 radical (unpaired) electrons. The number of hydrogen-bond donors (Lipinski definition) is 1. The number of nitrogens with one attached hydrogen (secondary N) is 1. The number of anilines is 2. The Labute approximate surface area is 128 Å². The molecule has 0 spiro atoms. The SMILES string of the molecule is C[C@@H]1C(=O)Nc2ccc(Br)cc2N1C1CCCCCC1. The molecule has 108 valence electrons. The molecule has 2 aliphatic rings. The molecule has 0 aromatic heterocycles. The van der Waals surface area contributed by atoms with Crippen molar-refractivity contribution in [2.24, 2.45) is 0 Å². The van der Waals surface area contributed by atoms with E-state index in [1.165, 1.54) is 44.2 Å². The molecular weight excluding hydrogens is 316 g/mol. The number of carbonyl (C=O) groups is 1. The van der Waals surface area contributed by atoms with Crippen molar-refractivity contribution in [2.75, 3.05) is 10.2 Å². The number of fused-ring (bicyclic) bond motifs is 1. The van der Waals surface area contributed by atoms with Gasteiger partial charge in [-0.3, -0.25) is 4.79 Å². The predicted octanol–water partition coefficient (Wildman–Crippen LogP) is 4.32. The highest BCUT2D eigenvalue weighted by Crippen LogP contribution is 2.38. The van der Waals surface area contributed by atoms with Crippen molar-refractivity contribution in [1.29, 1.82) is 0 Å². The van der Waals surface area contributed by atoms with Gasteiger partial charge >= 0.3 is 0 Å². The van der Waals surface area contributed by atoms with Gasteiger partial charge in [0, 0.05) is 10.5 Å². The first-order chi connectivity index (χ1) is 9.66. The molecule has 0 saturated heterocycles. The number of hydrogen-bond acceptors (Lipinski definition) is 2. The van der Waals surface area contributed by atoms with Gasteiger partial charge < -0.3 is 10.2 Å². The fourth-order valence-electron chi connectivity index (χ4n) is 3.45. The van der Waals surface area contributed by atoms with Crippen LogP contribution in [0.25, 0.3) is 0 Å². The Morgan fingerprint density at radius 1 is 1.20 bits per heavy atom. The van der Waals surface area contributed by atoms with Gasteiger partial charge in [0.25, 0.3) is 0 Å². The maximum Gasteiger partial charge on any atom is 0.246 e. The van der Waals surface area contributed by atoms with Crippen molar-refractivity contribution in [1.82, 2.24) is 0 Å². The maximum absolute atomic E-state index is 12.2. The molecule has 1 aliphatic carbocycles. The lowest BCUT2D eigenvalue weighted by Gasteiger charge is -2.41. The zero-order valence-corrected chi connectivity index (χ0v) is 13.4. The van der Waals surface area contributed by atoms with Gasteiger partial charge in [-0.2, -0.15) is 0 Å². The average molecular weight is 337 g/mol. The van der Waals surface area contributed by atoms with Gasteiger partial charge in [0.05, 0.1) is 11.4 Å². The van der Waals surface area contributed by atoms with Crippen LogP contribution in [0.1, 0.15) is 45.4 Å². The van der Waals surface area contributed by atoms with Crippen molar-refractivity contribution in [3.05, 3.63) is 22.7 Å². The second-order valence-electron chi connectivity index (χ2n) is 5.88. The van der Waals surface area contributed by atoms with Crippen LogP contribution >= 0.6 is 15.9 Å². The van der Waals surface area contributed by atoms with Crippen molar-refractivity contribution in [3.8, 4) is 0 Å². The largest absolute Gasteiger partial charge is 0.355 e. The Morgan fingerprint density at radius 3 is 2.60 bits per heavy atom. The third-order valence-corrected chi connectivity index (χ3v) is 5.00. The Kier molecular flexibility index (Phi) is 4.01. The summed E-state index contributed by atoms with van der Waals surface area (Å²) in [5.74, 6) is 0.115.